The summed E-state index contributed by atoms with van der Waals surface area (Å²) in [4.78, 5) is 11.4. The lowest BCUT2D eigenvalue weighted by molar-refractivity contribution is -0.274. The van der Waals surface area contributed by atoms with Crippen molar-refractivity contribution < 1.29 is 27.4 Å². The minimum absolute atomic E-state index is 0.304. The van der Waals surface area contributed by atoms with Gasteiger partial charge < -0.3 is 9.47 Å². The van der Waals surface area contributed by atoms with Crippen molar-refractivity contribution in [3.8, 4) is 5.75 Å². The van der Waals surface area contributed by atoms with Gasteiger partial charge in [0, 0.05) is 22.6 Å². The Balaban J connectivity index is 2.09. The first-order chi connectivity index (χ1) is 14.2. The number of carbonyl (C=O) groups is 1. The van der Waals surface area contributed by atoms with Crippen molar-refractivity contribution in [2.75, 3.05) is 7.11 Å². The van der Waals surface area contributed by atoms with Crippen LogP contribution < -0.4 is 4.74 Å². The molecule has 0 radical (unpaired) electrons. The Labute approximate surface area is 175 Å². The smallest absolute Gasteiger partial charge is 0.466 e. The Morgan fingerprint density at radius 3 is 2.63 bits per heavy atom. The highest BCUT2D eigenvalue weighted by Crippen LogP contribution is 2.29. The Kier molecular flexibility index (Phi) is 6.36. The number of carbonyl (C=O) groups excluding carboxylic acids is 1. The molecule has 3 rings (SSSR count). The van der Waals surface area contributed by atoms with E-state index < -0.39 is 12.3 Å². The minimum atomic E-state index is -4.81. The molecule has 1 aromatic heterocycles. The van der Waals surface area contributed by atoms with Crippen LogP contribution in [0.1, 0.15) is 23.7 Å². The summed E-state index contributed by atoms with van der Waals surface area (Å²) < 4.78 is 48.2. The number of aryl methyl sites for hydroxylation is 1. The van der Waals surface area contributed by atoms with E-state index in [4.69, 9.17) is 11.6 Å². The summed E-state index contributed by atoms with van der Waals surface area (Å²) in [5.41, 5.74) is 2.77. The third kappa shape index (κ3) is 5.13. The van der Waals surface area contributed by atoms with Gasteiger partial charge in [-0.25, -0.2) is 4.79 Å². The van der Waals surface area contributed by atoms with Crippen molar-refractivity contribution in [1.82, 2.24) is 9.78 Å². The van der Waals surface area contributed by atoms with Gasteiger partial charge >= 0.3 is 12.3 Å². The van der Waals surface area contributed by atoms with Crippen molar-refractivity contribution in [2.45, 2.75) is 26.3 Å². The van der Waals surface area contributed by atoms with Crippen LogP contribution in [0.25, 0.3) is 17.0 Å². The fourth-order valence-electron chi connectivity index (χ4n) is 3.07. The number of ether oxygens (including phenoxy) is 2. The number of hydrogen-bond donors (Lipinski definition) is 0. The summed E-state index contributed by atoms with van der Waals surface area (Å²) in [5, 5.41) is 5.65. The lowest BCUT2D eigenvalue weighted by atomic mass is 10.1. The number of halogens is 4. The molecule has 0 atom stereocenters. The first-order valence-corrected chi connectivity index (χ1v) is 9.37. The van der Waals surface area contributed by atoms with E-state index in [-0.39, 0.29) is 5.75 Å². The van der Waals surface area contributed by atoms with Crippen LogP contribution in [0.4, 0.5) is 13.2 Å². The highest BCUT2D eigenvalue weighted by Gasteiger charge is 2.31. The second-order valence-electron chi connectivity index (χ2n) is 6.39. The number of alkyl halides is 3. The maximum atomic E-state index is 12.7. The summed E-state index contributed by atoms with van der Waals surface area (Å²) in [7, 11) is 1.25. The Bertz CT molecular complexity index is 1110. The maximum Gasteiger partial charge on any atom is 0.573 e. The van der Waals surface area contributed by atoms with Crippen LogP contribution in [0.3, 0.4) is 0 Å². The van der Waals surface area contributed by atoms with Crippen molar-refractivity contribution in [3.05, 3.63) is 64.3 Å². The van der Waals surface area contributed by atoms with Gasteiger partial charge in [-0.1, -0.05) is 24.6 Å². The van der Waals surface area contributed by atoms with Crippen molar-refractivity contribution in [2.24, 2.45) is 0 Å². The molecule has 1 heterocycles. The van der Waals surface area contributed by atoms with Gasteiger partial charge in [0.2, 0.25) is 0 Å². The van der Waals surface area contributed by atoms with Crippen LogP contribution in [-0.4, -0.2) is 29.2 Å². The average Bonchev–Trinajstić information content (AvgIpc) is 3.03. The molecule has 0 spiro atoms. The fraction of sp³-hybridized carbons (Fsp3) is 0.238. The molecule has 0 saturated heterocycles. The van der Waals surface area contributed by atoms with Crippen LogP contribution in [0.2, 0.25) is 5.02 Å². The minimum Gasteiger partial charge on any atom is -0.466 e. The molecule has 9 heteroatoms. The molecule has 30 heavy (non-hydrogen) atoms. The number of rotatable bonds is 6. The van der Waals surface area contributed by atoms with E-state index in [1.807, 2.05) is 19.1 Å². The molecule has 0 aliphatic rings. The molecule has 0 saturated carbocycles. The zero-order valence-corrected chi connectivity index (χ0v) is 16.9. The van der Waals surface area contributed by atoms with E-state index in [1.165, 1.54) is 37.5 Å². The van der Waals surface area contributed by atoms with Crippen molar-refractivity contribution in [3.63, 3.8) is 0 Å². The summed E-state index contributed by atoms with van der Waals surface area (Å²) in [6.07, 6.45) is -1.42. The summed E-state index contributed by atoms with van der Waals surface area (Å²) in [6, 6.07) is 9.40. The molecule has 5 nitrogen and oxygen atoms in total. The van der Waals surface area contributed by atoms with Gasteiger partial charge in [-0.05, 0) is 47.9 Å². The normalized spacial score (nSPS) is 11.9. The summed E-state index contributed by atoms with van der Waals surface area (Å²) in [5.74, 6) is -0.924. The van der Waals surface area contributed by atoms with Gasteiger partial charge in [0.1, 0.15) is 5.75 Å². The van der Waals surface area contributed by atoms with Crippen LogP contribution in [0, 0.1) is 0 Å². The molecule has 0 N–H and O–H groups in total. The predicted octanol–water partition coefficient (Wildman–Crippen LogP) is 5.39. The number of aromatic nitrogens is 2. The molecule has 0 aliphatic carbocycles. The monoisotopic (exact) mass is 438 g/mol. The lowest BCUT2D eigenvalue weighted by Gasteiger charge is -2.11. The van der Waals surface area contributed by atoms with Crippen molar-refractivity contribution in [1.29, 1.82) is 0 Å². The Morgan fingerprint density at radius 2 is 1.97 bits per heavy atom. The fourth-order valence-corrected chi connectivity index (χ4v) is 3.27. The molecule has 0 amide bonds. The van der Waals surface area contributed by atoms with Crippen LogP contribution >= 0.6 is 11.6 Å². The quantitative estimate of drug-likeness (QED) is 0.383. The van der Waals surface area contributed by atoms with E-state index >= 15 is 0 Å². The zero-order valence-electron chi connectivity index (χ0n) is 16.2. The molecular formula is C21H18ClF3N2O3. The van der Waals surface area contributed by atoms with Gasteiger partial charge in [-0.2, -0.15) is 5.10 Å². The van der Waals surface area contributed by atoms with Gasteiger partial charge in [-0.15, -0.1) is 13.2 Å². The third-order valence-electron chi connectivity index (χ3n) is 4.43. The molecule has 0 unspecified atom stereocenters. The molecule has 0 aliphatic heterocycles. The Morgan fingerprint density at radius 1 is 1.20 bits per heavy atom. The number of methoxy groups -OCH3 is 1. The zero-order chi connectivity index (χ0) is 21.9. The van der Waals surface area contributed by atoms with Gasteiger partial charge in [0.15, 0.2) is 0 Å². The second kappa shape index (κ2) is 8.79. The van der Waals surface area contributed by atoms with E-state index in [1.54, 1.807) is 10.7 Å². The molecule has 0 fully saturated rings. The van der Waals surface area contributed by atoms with E-state index in [0.717, 1.165) is 17.5 Å². The number of esters is 1. The number of hydrogen-bond acceptors (Lipinski definition) is 4. The third-order valence-corrected chi connectivity index (χ3v) is 4.67. The van der Waals surface area contributed by atoms with E-state index in [9.17, 15) is 18.0 Å². The molecule has 2 aromatic carbocycles. The maximum absolute atomic E-state index is 12.7. The highest BCUT2D eigenvalue weighted by molar-refractivity contribution is 6.30. The summed E-state index contributed by atoms with van der Waals surface area (Å²) >= 11 is 6.07. The highest BCUT2D eigenvalue weighted by atomic mass is 35.5. The molecule has 158 valence electrons. The van der Waals surface area contributed by atoms with Gasteiger partial charge in [0.05, 0.1) is 24.9 Å². The molecule has 0 bridgehead atoms. The molecular weight excluding hydrogens is 421 g/mol. The number of benzene rings is 2. The van der Waals surface area contributed by atoms with Gasteiger partial charge in [-0.3, -0.25) is 4.68 Å². The standard InChI is InChI=1S/C21H18ClF3N2O3/c1-3-13-10-15(22)5-4-14(13)12-27-19-11-16(30-21(23,24)25)6-7-17(19)18(26-27)8-9-20(28)29-2/h4-11H,3,12H2,1-2H3. The lowest BCUT2D eigenvalue weighted by Crippen LogP contribution is -2.17. The number of fused-ring (bicyclic) bond motifs is 1. The van der Waals surface area contributed by atoms with Crippen LogP contribution in [0.5, 0.6) is 5.75 Å². The predicted molar refractivity (Wildman–Crippen MR) is 107 cm³/mol. The summed E-state index contributed by atoms with van der Waals surface area (Å²) in [6.45, 7) is 2.29. The topological polar surface area (TPSA) is 53.4 Å². The van der Waals surface area contributed by atoms with E-state index in [2.05, 4.69) is 14.6 Å². The van der Waals surface area contributed by atoms with Crippen LogP contribution in [0.15, 0.2) is 42.5 Å². The van der Waals surface area contributed by atoms with E-state index in [0.29, 0.717) is 28.2 Å². The van der Waals surface area contributed by atoms with Crippen LogP contribution in [-0.2, 0) is 22.5 Å². The molecule has 3 aromatic rings. The largest absolute Gasteiger partial charge is 0.573 e. The number of nitrogens with zero attached hydrogens (tertiary/aromatic N) is 2. The first kappa shape index (κ1) is 21.7. The second-order valence-corrected chi connectivity index (χ2v) is 6.83. The Hall–Kier alpha value is -3.00. The van der Waals surface area contributed by atoms with Crippen molar-refractivity contribution >= 4 is 34.5 Å². The SMILES string of the molecule is CCc1cc(Cl)ccc1Cn1nc(C=CC(=O)OC)c2ccc(OC(F)(F)F)cc21. The first-order valence-electron chi connectivity index (χ1n) is 9.00. The van der Waals surface area contributed by atoms with Gasteiger partial charge in [0.25, 0.3) is 0 Å². The average molecular weight is 439 g/mol.